The van der Waals surface area contributed by atoms with E-state index in [0.29, 0.717) is 30.8 Å². The van der Waals surface area contributed by atoms with Gasteiger partial charge in [-0.3, -0.25) is 9.52 Å². The van der Waals surface area contributed by atoms with Crippen molar-refractivity contribution >= 4 is 27.2 Å². The SMILES string of the molecule is Cc1cccc(NS(=O)(=O)c2ccc(C(=O)N3CC=C(c4ccc(O)cc4)CC3)cc2)c1C. The highest BCUT2D eigenvalue weighted by Crippen LogP contribution is 2.26. The van der Waals surface area contributed by atoms with E-state index in [1.807, 2.05) is 44.2 Å². The van der Waals surface area contributed by atoms with Gasteiger partial charge >= 0.3 is 0 Å². The smallest absolute Gasteiger partial charge is 0.261 e. The fourth-order valence-electron chi connectivity index (χ4n) is 3.82. The van der Waals surface area contributed by atoms with E-state index in [9.17, 15) is 18.3 Å². The van der Waals surface area contributed by atoms with E-state index in [-0.39, 0.29) is 16.6 Å². The lowest BCUT2D eigenvalue weighted by Gasteiger charge is -2.27. The Morgan fingerprint density at radius 1 is 0.970 bits per heavy atom. The number of amides is 1. The lowest BCUT2D eigenvalue weighted by atomic mass is 9.99. The summed E-state index contributed by atoms with van der Waals surface area (Å²) in [6, 6.07) is 18.5. The quantitative estimate of drug-likeness (QED) is 0.573. The van der Waals surface area contributed by atoms with E-state index in [1.54, 1.807) is 35.2 Å². The largest absolute Gasteiger partial charge is 0.508 e. The molecule has 6 nitrogen and oxygen atoms in total. The van der Waals surface area contributed by atoms with Crippen molar-refractivity contribution in [2.24, 2.45) is 0 Å². The van der Waals surface area contributed by atoms with Gasteiger partial charge in [0.25, 0.3) is 15.9 Å². The Balaban J connectivity index is 1.45. The van der Waals surface area contributed by atoms with Crippen molar-refractivity contribution in [3.8, 4) is 5.75 Å². The first-order valence-electron chi connectivity index (χ1n) is 10.7. The molecule has 1 heterocycles. The summed E-state index contributed by atoms with van der Waals surface area (Å²) < 4.78 is 28.3. The van der Waals surface area contributed by atoms with Gasteiger partial charge in [-0.2, -0.15) is 0 Å². The first-order valence-corrected chi connectivity index (χ1v) is 12.2. The van der Waals surface area contributed by atoms with Crippen LogP contribution in [0.1, 0.15) is 33.5 Å². The number of nitrogens with one attached hydrogen (secondary N) is 1. The zero-order chi connectivity index (χ0) is 23.6. The number of aromatic hydroxyl groups is 1. The summed E-state index contributed by atoms with van der Waals surface area (Å²) >= 11 is 0. The summed E-state index contributed by atoms with van der Waals surface area (Å²) in [7, 11) is -3.76. The Labute approximate surface area is 194 Å². The minimum atomic E-state index is -3.76. The molecule has 0 spiro atoms. The van der Waals surface area contributed by atoms with Crippen molar-refractivity contribution in [1.29, 1.82) is 0 Å². The predicted molar refractivity (Wildman–Crippen MR) is 130 cm³/mol. The summed E-state index contributed by atoms with van der Waals surface area (Å²) in [5.41, 5.74) is 5.03. The number of aryl methyl sites for hydroxylation is 1. The highest BCUT2D eigenvalue weighted by atomic mass is 32.2. The number of anilines is 1. The number of nitrogens with zero attached hydrogens (tertiary/aromatic N) is 1. The van der Waals surface area contributed by atoms with Gasteiger partial charge < -0.3 is 10.0 Å². The summed E-state index contributed by atoms with van der Waals surface area (Å²) in [5, 5.41) is 9.45. The van der Waals surface area contributed by atoms with Crippen LogP contribution in [-0.4, -0.2) is 37.4 Å². The van der Waals surface area contributed by atoms with Gasteiger partial charge in [0.05, 0.1) is 10.6 Å². The third kappa shape index (κ3) is 4.93. The first-order chi connectivity index (χ1) is 15.7. The summed E-state index contributed by atoms with van der Waals surface area (Å²) in [6.07, 6.45) is 2.73. The van der Waals surface area contributed by atoms with Crippen LogP contribution in [-0.2, 0) is 10.0 Å². The van der Waals surface area contributed by atoms with Crippen LogP contribution < -0.4 is 4.72 Å². The van der Waals surface area contributed by atoms with Gasteiger partial charge in [0.2, 0.25) is 0 Å². The standard InChI is InChI=1S/C26H26N2O4S/c1-18-4-3-5-25(19(18)2)27-33(31,32)24-12-8-22(9-13-24)26(30)28-16-14-21(15-17-28)20-6-10-23(29)11-7-20/h3-14,27,29H,15-17H2,1-2H3. The van der Waals surface area contributed by atoms with Crippen LogP contribution in [0.4, 0.5) is 5.69 Å². The number of hydrogen-bond acceptors (Lipinski definition) is 4. The molecule has 7 heteroatoms. The molecule has 0 unspecified atom stereocenters. The summed E-state index contributed by atoms with van der Waals surface area (Å²) in [4.78, 5) is 14.8. The van der Waals surface area contributed by atoms with E-state index in [4.69, 9.17) is 0 Å². The molecule has 0 aromatic heterocycles. The molecule has 0 bridgehead atoms. The van der Waals surface area contributed by atoms with Gasteiger partial charge in [-0.25, -0.2) is 8.42 Å². The van der Waals surface area contributed by atoms with Crippen LogP contribution in [0.15, 0.2) is 77.7 Å². The van der Waals surface area contributed by atoms with E-state index in [0.717, 1.165) is 22.3 Å². The van der Waals surface area contributed by atoms with Crippen molar-refractivity contribution in [3.05, 3.63) is 95.1 Å². The number of carbonyl (C=O) groups excluding carboxylic acids is 1. The second kappa shape index (κ2) is 9.11. The predicted octanol–water partition coefficient (Wildman–Crippen LogP) is 4.74. The molecule has 0 saturated heterocycles. The van der Waals surface area contributed by atoms with Gasteiger partial charge in [0.15, 0.2) is 0 Å². The van der Waals surface area contributed by atoms with Crippen molar-refractivity contribution in [3.63, 3.8) is 0 Å². The maximum atomic E-state index is 12.9. The number of phenolic OH excluding ortho intramolecular Hbond substituents is 1. The minimum Gasteiger partial charge on any atom is -0.508 e. The van der Waals surface area contributed by atoms with Crippen molar-refractivity contribution in [2.45, 2.75) is 25.2 Å². The van der Waals surface area contributed by atoms with Gasteiger partial charge in [0, 0.05) is 18.7 Å². The average molecular weight is 463 g/mol. The van der Waals surface area contributed by atoms with Crippen LogP contribution in [0, 0.1) is 13.8 Å². The number of rotatable bonds is 5. The van der Waals surface area contributed by atoms with Gasteiger partial charge in [0.1, 0.15) is 5.75 Å². The molecule has 3 aromatic carbocycles. The molecular formula is C26H26N2O4S. The molecule has 0 aliphatic carbocycles. The van der Waals surface area contributed by atoms with Gasteiger partial charge in [-0.1, -0.05) is 30.3 Å². The second-order valence-corrected chi connectivity index (χ2v) is 9.84. The van der Waals surface area contributed by atoms with Crippen molar-refractivity contribution in [1.82, 2.24) is 4.90 Å². The fourth-order valence-corrected chi connectivity index (χ4v) is 4.94. The molecule has 0 fully saturated rings. The van der Waals surface area contributed by atoms with Crippen molar-refractivity contribution in [2.75, 3.05) is 17.8 Å². The lowest BCUT2D eigenvalue weighted by molar-refractivity contribution is 0.0772. The number of phenols is 1. The Hall–Kier alpha value is -3.58. The molecule has 1 aliphatic heterocycles. The summed E-state index contributed by atoms with van der Waals surface area (Å²) in [6.45, 7) is 4.84. The molecular weight excluding hydrogens is 436 g/mol. The van der Waals surface area contributed by atoms with Crippen LogP contribution in [0.2, 0.25) is 0 Å². The minimum absolute atomic E-state index is 0.105. The van der Waals surface area contributed by atoms with Crippen LogP contribution in [0.3, 0.4) is 0 Å². The molecule has 33 heavy (non-hydrogen) atoms. The molecule has 0 radical (unpaired) electrons. The lowest BCUT2D eigenvalue weighted by Crippen LogP contribution is -2.34. The Kier molecular flexibility index (Phi) is 6.24. The molecule has 1 amide bonds. The van der Waals surface area contributed by atoms with Crippen molar-refractivity contribution < 1.29 is 18.3 Å². The van der Waals surface area contributed by atoms with Gasteiger partial charge in [-0.15, -0.1) is 0 Å². The topological polar surface area (TPSA) is 86.7 Å². The average Bonchev–Trinajstić information content (AvgIpc) is 2.82. The van der Waals surface area contributed by atoms with Crippen LogP contribution in [0.5, 0.6) is 5.75 Å². The monoisotopic (exact) mass is 462 g/mol. The van der Waals surface area contributed by atoms with E-state index in [1.165, 1.54) is 12.1 Å². The number of carbonyl (C=O) groups is 1. The summed E-state index contributed by atoms with van der Waals surface area (Å²) in [5.74, 6) is 0.0871. The van der Waals surface area contributed by atoms with Gasteiger partial charge in [-0.05, 0) is 85.0 Å². The normalized spacial score (nSPS) is 14.0. The Morgan fingerprint density at radius 2 is 1.67 bits per heavy atom. The second-order valence-electron chi connectivity index (χ2n) is 8.15. The van der Waals surface area contributed by atoms with E-state index < -0.39 is 10.0 Å². The molecule has 0 atom stereocenters. The number of hydrogen-bond donors (Lipinski definition) is 2. The number of sulfonamides is 1. The molecule has 170 valence electrons. The Bertz CT molecular complexity index is 1310. The highest BCUT2D eigenvalue weighted by molar-refractivity contribution is 7.92. The van der Waals surface area contributed by atoms with E-state index >= 15 is 0 Å². The van der Waals surface area contributed by atoms with Crippen LogP contribution >= 0.6 is 0 Å². The molecule has 1 aliphatic rings. The molecule has 3 aromatic rings. The highest BCUT2D eigenvalue weighted by Gasteiger charge is 2.21. The zero-order valence-corrected chi connectivity index (χ0v) is 19.4. The third-order valence-corrected chi connectivity index (χ3v) is 7.38. The van der Waals surface area contributed by atoms with E-state index in [2.05, 4.69) is 4.72 Å². The number of benzene rings is 3. The first kappa shape index (κ1) is 22.6. The van der Waals surface area contributed by atoms with Crippen LogP contribution in [0.25, 0.3) is 5.57 Å². The third-order valence-electron chi connectivity index (χ3n) is 5.99. The molecule has 0 saturated carbocycles. The Morgan fingerprint density at radius 3 is 2.30 bits per heavy atom. The molecule has 4 rings (SSSR count). The zero-order valence-electron chi connectivity index (χ0n) is 18.6. The molecule has 2 N–H and O–H groups in total. The maximum absolute atomic E-state index is 12.9. The fraction of sp³-hybridized carbons (Fsp3) is 0.192. The maximum Gasteiger partial charge on any atom is 0.261 e.